The molecule has 1 N–H and O–H groups in total. The first-order chi connectivity index (χ1) is 12.0. The van der Waals surface area contributed by atoms with Gasteiger partial charge in [0.15, 0.2) is 5.16 Å². The summed E-state index contributed by atoms with van der Waals surface area (Å²) in [5.74, 6) is 0.264. The summed E-state index contributed by atoms with van der Waals surface area (Å²) >= 11 is 1.25. The van der Waals surface area contributed by atoms with E-state index in [1.807, 2.05) is 49.1 Å². The van der Waals surface area contributed by atoms with E-state index in [1.165, 1.54) is 17.8 Å². The first-order valence-corrected chi connectivity index (χ1v) is 9.22. The van der Waals surface area contributed by atoms with Gasteiger partial charge in [-0.25, -0.2) is 4.98 Å². The lowest BCUT2D eigenvalue weighted by Crippen LogP contribution is -2.48. The lowest BCUT2D eigenvalue weighted by Gasteiger charge is -2.35. The molecular weight excluding hydrogens is 338 g/mol. The Kier molecular flexibility index (Phi) is 5.55. The lowest BCUT2D eigenvalue weighted by atomic mass is 10.1. The number of morpholine rings is 1. The van der Waals surface area contributed by atoms with Gasteiger partial charge in [-0.15, -0.1) is 0 Å². The summed E-state index contributed by atoms with van der Waals surface area (Å²) in [7, 11) is 0. The minimum absolute atomic E-state index is 0.0276. The van der Waals surface area contributed by atoms with Crippen LogP contribution in [0.1, 0.15) is 13.8 Å². The van der Waals surface area contributed by atoms with Crippen LogP contribution in [0, 0.1) is 0 Å². The van der Waals surface area contributed by atoms with Gasteiger partial charge in [0.25, 0.3) is 5.56 Å². The number of nitrogens with zero attached hydrogens (tertiary/aromatic N) is 2. The topological polar surface area (TPSA) is 75.3 Å². The van der Waals surface area contributed by atoms with Crippen molar-refractivity contribution >= 4 is 17.7 Å². The van der Waals surface area contributed by atoms with Crippen molar-refractivity contribution in [3.63, 3.8) is 0 Å². The molecule has 0 unspecified atom stereocenters. The Morgan fingerprint density at radius 3 is 2.64 bits per heavy atom. The quantitative estimate of drug-likeness (QED) is 0.669. The average molecular weight is 359 g/mol. The van der Waals surface area contributed by atoms with Gasteiger partial charge in [-0.3, -0.25) is 9.59 Å². The van der Waals surface area contributed by atoms with Crippen LogP contribution in [-0.2, 0) is 9.53 Å². The number of amides is 1. The number of carbonyl (C=O) groups is 1. The normalized spacial score (nSPS) is 20.5. The zero-order valence-corrected chi connectivity index (χ0v) is 15.1. The molecule has 6 nitrogen and oxygen atoms in total. The molecular formula is C18H21N3O3S. The van der Waals surface area contributed by atoms with Crippen LogP contribution in [-0.4, -0.2) is 51.8 Å². The van der Waals surface area contributed by atoms with Gasteiger partial charge in [-0.2, -0.15) is 0 Å². The van der Waals surface area contributed by atoms with Crippen molar-refractivity contribution < 1.29 is 9.53 Å². The highest BCUT2D eigenvalue weighted by Gasteiger charge is 2.25. The largest absolute Gasteiger partial charge is 0.372 e. The van der Waals surface area contributed by atoms with Crippen LogP contribution in [0.3, 0.4) is 0 Å². The Hall–Kier alpha value is -2.12. The number of hydrogen-bond donors (Lipinski definition) is 1. The predicted molar refractivity (Wildman–Crippen MR) is 97.6 cm³/mol. The number of ether oxygens (including phenoxy) is 1. The van der Waals surface area contributed by atoms with Crippen molar-refractivity contribution in [1.29, 1.82) is 0 Å². The number of rotatable bonds is 4. The Morgan fingerprint density at radius 1 is 1.28 bits per heavy atom. The van der Waals surface area contributed by atoms with Crippen molar-refractivity contribution in [3.8, 4) is 11.3 Å². The molecule has 0 bridgehead atoms. The molecule has 1 aromatic carbocycles. The molecule has 132 valence electrons. The highest BCUT2D eigenvalue weighted by Crippen LogP contribution is 2.19. The molecule has 2 atom stereocenters. The maximum Gasteiger partial charge on any atom is 0.252 e. The zero-order chi connectivity index (χ0) is 17.8. The van der Waals surface area contributed by atoms with E-state index < -0.39 is 0 Å². The highest BCUT2D eigenvalue weighted by molar-refractivity contribution is 7.99. The fourth-order valence-electron chi connectivity index (χ4n) is 2.86. The number of aromatic nitrogens is 2. The fourth-order valence-corrected chi connectivity index (χ4v) is 3.64. The SMILES string of the molecule is C[C@@H]1CN(C(=O)CSc2nc(-c3ccccc3)cc(=O)[nH]2)C[C@H](C)O1. The summed E-state index contributed by atoms with van der Waals surface area (Å²) in [5.41, 5.74) is 1.25. The van der Waals surface area contributed by atoms with Gasteiger partial charge in [0.1, 0.15) is 0 Å². The summed E-state index contributed by atoms with van der Waals surface area (Å²) in [5, 5.41) is 0.453. The standard InChI is InChI=1S/C18H21N3O3S/c1-12-9-21(10-13(2)24-12)17(23)11-25-18-19-15(8-16(22)20-18)14-6-4-3-5-7-14/h3-8,12-13H,9-11H2,1-2H3,(H,19,20,22)/t12-,13+. The molecule has 0 aliphatic carbocycles. The van der Waals surface area contributed by atoms with Crippen molar-refractivity contribution in [2.75, 3.05) is 18.8 Å². The minimum Gasteiger partial charge on any atom is -0.372 e. The van der Waals surface area contributed by atoms with E-state index in [-0.39, 0.29) is 29.4 Å². The number of hydrogen-bond acceptors (Lipinski definition) is 5. The molecule has 3 rings (SSSR count). The second kappa shape index (κ2) is 7.84. The molecule has 1 saturated heterocycles. The zero-order valence-electron chi connectivity index (χ0n) is 14.3. The van der Waals surface area contributed by atoms with E-state index in [0.717, 1.165) is 5.56 Å². The maximum absolute atomic E-state index is 12.4. The molecule has 2 aromatic rings. The summed E-state index contributed by atoms with van der Waals surface area (Å²) in [6.45, 7) is 5.12. The molecule has 7 heteroatoms. The molecule has 0 spiro atoms. The summed E-state index contributed by atoms with van der Waals surface area (Å²) in [6, 6.07) is 11.0. The molecule has 1 aliphatic rings. The second-order valence-corrected chi connectivity index (χ2v) is 7.11. The van der Waals surface area contributed by atoms with E-state index in [0.29, 0.717) is 23.9 Å². The first-order valence-electron chi connectivity index (χ1n) is 8.24. The van der Waals surface area contributed by atoms with Gasteiger partial charge in [0.05, 0.1) is 23.7 Å². The average Bonchev–Trinajstić information content (AvgIpc) is 2.59. The van der Waals surface area contributed by atoms with Crippen LogP contribution in [0.25, 0.3) is 11.3 Å². The molecule has 1 aliphatic heterocycles. The highest BCUT2D eigenvalue weighted by atomic mass is 32.2. The third-order valence-corrected chi connectivity index (χ3v) is 4.75. The Balaban J connectivity index is 1.68. The van der Waals surface area contributed by atoms with E-state index >= 15 is 0 Å². The van der Waals surface area contributed by atoms with Crippen LogP contribution in [0.2, 0.25) is 0 Å². The Labute approximate surface area is 150 Å². The molecule has 1 amide bonds. The number of thioether (sulfide) groups is 1. The van der Waals surface area contributed by atoms with Crippen molar-refractivity contribution in [1.82, 2.24) is 14.9 Å². The number of benzene rings is 1. The summed E-state index contributed by atoms with van der Waals surface area (Å²) < 4.78 is 5.65. The second-order valence-electron chi connectivity index (χ2n) is 6.15. The van der Waals surface area contributed by atoms with E-state index in [4.69, 9.17) is 4.74 Å². The smallest absolute Gasteiger partial charge is 0.252 e. The van der Waals surface area contributed by atoms with Gasteiger partial charge in [0, 0.05) is 24.7 Å². The van der Waals surface area contributed by atoms with Crippen LogP contribution < -0.4 is 5.56 Å². The predicted octanol–water partition coefficient (Wildman–Crippen LogP) is 2.16. The van der Waals surface area contributed by atoms with Crippen LogP contribution >= 0.6 is 11.8 Å². The third-order valence-electron chi connectivity index (χ3n) is 3.89. The fraction of sp³-hybridized carbons (Fsp3) is 0.389. The molecule has 1 fully saturated rings. The van der Waals surface area contributed by atoms with Crippen molar-refractivity contribution in [2.45, 2.75) is 31.2 Å². The Morgan fingerprint density at radius 2 is 1.96 bits per heavy atom. The summed E-state index contributed by atoms with van der Waals surface area (Å²) in [4.78, 5) is 33.3. The first kappa shape index (κ1) is 17.7. The number of carbonyl (C=O) groups excluding carboxylic acids is 1. The van der Waals surface area contributed by atoms with Crippen LogP contribution in [0.15, 0.2) is 46.3 Å². The van der Waals surface area contributed by atoms with E-state index in [9.17, 15) is 9.59 Å². The summed E-state index contributed by atoms with van der Waals surface area (Å²) in [6.07, 6.45) is 0.0779. The number of H-pyrrole nitrogens is 1. The molecule has 25 heavy (non-hydrogen) atoms. The van der Waals surface area contributed by atoms with Gasteiger partial charge in [-0.05, 0) is 13.8 Å². The molecule has 2 heterocycles. The maximum atomic E-state index is 12.4. The van der Waals surface area contributed by atoms with Gasteiger partial charge in [-0.1, -0.05) is 42.1 Å². The van der Waals surface area contributed by atoms with E-state index in [1.54, 1.807) is 0 Å². The molecule has 0 saturated carbocycles. The van der Waals surface area contributed by atoms with Gasteiger partial charge in [0.2, 0.25) is 5.91 Å². The van der Waals surface area contributed by atoms with Crippen molar-refractivity contribution in [3.05, 3.63) is 46.8 Å². The van der Waals surface area contributed by atoms with Gasteiger partial charge >= 0.3 is 0 Å². The number of nitrogens with one attached hydrogen (secondary N) is 1. The van der Waals surface area contributed by atoms with Crippen molar-refractivity contribution in [2.24, 2.45) is 0 Å². The van der Waals surface area contributed by atoms with Gasteiger partial charge < -0.3 is 14.6 Å². The number of aromatic amines is 1. The Bertz CT molecular complexity index is 784. The monoisotopic (exact) mass is 359 g/mol. The molecule has 1 aromatic heterocycles. The lowest BCUT2D eigenvalue weighted by molar-refractivity contribution is -0.140. The third kappa shape index (κ3) is 4.70. The van der Waals surface area contributed by atoms with Crippen LogP contribution in [0.5, 0.6) is 0 Å². The minimum atomic E-state index is -0.225. The molecule has 0 radical (unpaired) electrons. The van der Waals surface area contributed by atoms with E-state index in [2.05, 4.69) is 9.97 Å². The van der Waals surface area contributed by atoms with Crippen LogP contribution in [0.4, 0.5) is 0 Å².